The average Bonchev–Trinajstić information content (AvgIpc) is 3.35. The molecular formula is C30H32FN7O3. The van der Waals surface area contributed by atoms with Crippen molar-refractivity contribution in [2.45, 2.75) is 71.6 Å². The molecule has 0 radical (unpaired) electrons. The number of anilines is 1. The van der Waals surface area contributed by atoms with E-state index in [9.17, 15) is 4.79 Å². The lowest BCUT2D eigenvalue weighted by Gasteiger charge is -2.35. The van der Waals surface area contributed by atoms with E-state index in [0.29, 0.717) is 28.8 Å². The Bertz CT molecular complexity index is 1710. The molecule has 2 aliphatic rings. The molecule has 2 N–H and O–H groups in total. The number of fused-ring (bicyclic) bond motifs is 3. The van der Waals surface area contributed by atoms with Crippen LogP contribution in [0.25, 0.3) is 22.3 Å². The van der Waals surface area contributed by atoms with Crippen LogP contribution in [0.5, 0.6) is 11.8 Å². The van der Waals surface area contributed by atoms with Gasteiger partial charge in [0.1, 0.15) is 17.4 Å². The zero-order valence-corrected chi connectivity index (χ0v) is 23.7. The number of amides is 1. The Morgan fingerprint density at radius 3 is 2.63 bits per heavy atom. The first-order chi connectivity index (χ1) is 19.5. The molecule has 0 aliphatic carbocycles. The number of halogens is 1. The van der Waals surface area contributed by atoms with Crippen LogP contribution < -0.4 is 10.5 Å². The van der Waals surface area contributed by atoms with Gasteiger partial charge < -0.3 is 19.8 Å². The molecule has 1 saturated heterocycles. The highest BCUT2D eigenvalue weighted by atomic mass is 19.1. The molecule has 0 spiro atoms. The van der Waals surface area contributed by atoms with E-state index < -0.39 is 11.4 Å². The molecule has 6 rings (SSSR count). The van der Waals surface area contributed by atoms with Gasteiger partial charge >= 0.3 is 12.1 Å². The van der Waals surface area contributed by atoms with Gasteiger partial charge in [-0.05, 0) is 77.7 Å². The molecule has 10 nitrogen and oxygen atoms in total. The summed E-state index contributed by atoms with van der Waals surface area (Å²) in [5.41, 5.74) is 11.1. The molecule has 3 aromatic heterocycles. The summed E-state index contributed by atoms with van der Waals surface area (Å²) in [7, 11) is 0. The van der Waals surface area contributed by atoms with Crippen LogP contribution >= 0.6 is 0 Å². The highest BCUT2D eigenvalue weighted by Gasteiger charge is 2.42. The van der Waals surface area contributed by atoms with E-state index >= 15 is 4.39 Å². The first kappa shape index (κ1) is 26.7. The number of carbonyl (C=O) groups is 1. The molecule has 11 heteroatoms. The SMILES string of the molecule is Cc1ccnc(Oc2ccc(-n3c(C4=CC5CCC(C4)N5C(=O)OC(C)(C)C)c(C)c4ncnc(N)c43)cc2F)n1. The van der Waals surface area contributed by atoms with Gasteiger partial charge in [-0.3, -0.25) is 4.90 Å². The zero-order valence-electron chi connectivity index (χ0n) is 23.7. The molecule has 1 aromatic carbocycles. The maximum atomic E-state index is 15.5. The second kappa shape index (κ2) is 9.83. The third-order valence-corrected chi connectivity index (χ3v) is 7.46. The van der Waals surface area contributed by atoms with Crippen molar-refractivity contribution >= 4 is 28.5 Å². The summed E-state index contributed by atoms with van der Waals surface area (Å²) in [6, 6.07) is 6.39. The van der Waals surface area contributed by atoms with Crippen molar-refractivity contribution < 1.29 is 18.7 Å². The van der Waals surface area contributed by atoms with Gasteiger partial charge in [0.05, 0.1) is 17.3 Å². The maximum Gasteiger partial charge on any atom is 0.411 e. The van der Waals surface area contributed by atoms with E-state index in [0.717, 1.165) is 29.7 Å². The van der Waals surface area contributed by atoms with Crippen LogP contribution in [0.2, 0.25) is 0 Å². The fraction of sp³-hybridized carbons (Fsp3) is 0.367. The van der Waals surface area contributed by atoms with Crippen molar-refractivity contribution in [3.05, 3.63) is 65.6 Å². The summed E-state index contributed by atoms with van der Waals surface area (Å²) in [6.07, 6.45) is 7.14. The van der Waals surface area contributed by atoms with Crippen LogP contribution in [0.4, 0.5) is 15.0 Å². The number of aryl methyl sites for hydroxylation is 2. The molecule has 2 unspecified atom stereocenters. The van der Waals surface area contributed by atoms with Crippen molar-refractivity contribution in [3.63, 3.8) is 0 Å². The Morgan fingerprint density at radius 1 is 1.12 bits per heavy atom. The van der Waals surface area contributed by atoms with Gasteiger partial charge in [0, 0.05) is 35.2 Å². The Kier molecular flexibility index (Phi) is 6.39. The number of benzene rings is 1. The minimum absolute atomic E-state index is 0.00114. The second-order valence-corrected chi connectivity index (χ2v) is 11.5. The minimum Gasteiger partial charge on any atom is -0.444 e. The van der Waals surface area contributed by atoms with Crippen molar-refractivity contribution in [2.75, 3.05) is 5.73 Å². The third-order valence-electron chi connectivity index (χ3n) is 7.46. The van der Waals surface area contributed by atoms with Crippen molar-refractivity contribution in [3.8, 4) is 17.4 Å². The van der Waals surface area contributed by atoms with Crippen LogP contribution in [0.15, 0.2) is 42.9 Å². The summed E-state index contributed by atoms with van der Waals surface area (Å²) in [5, 5.41) is 0. The number of nitrogens with zero attached hydrogens (tertiary/aromatic N) is 6. The average molecular weight is 558 g/mol. The Morgan fingerprint density at radius 2 is 1.93 bits per heavy atom. The van der Waals surface area contributed by atoms with E-state index in [1.807, 2.05) is 37.2 Å². The predicted molar refractivity (Wildman–Crippen MR) is 152 cm³/mol. The molecule has 1 amide bonds. The minimum atomic E-state index is -0.581. The number of carbonyl (C=O) groups excluding carboxylic acids is 1. The number of hydrogen-bond acceptors (Lipinski definition) is 8. The second-order valence-electron chi connectivity index (χ2n) is 11.5. The number of aromatic nitrogens is 5. The summed E-state index contributed by atoms with van der Waals surface area (Å²) in [6.45, 7) is 9.39. The lowest BCUT2D eigenvalue weighted by atomic mass is 9.96. The molecule has 41 heavy (non-hydrogen) atoms. The van der Waals surface area contributed by atoms with Gasteiger partial charge in [-0.25, -0.2) is 29.1 Å². The first-order valence-electron chi connectivity index (χ1n) is 13.6. The van der Waals surface area contributed by atoms with E-state index in [1.54, 1.807) is 31.3 Å². The van der Waals surface area contributed by atoms with Crippen molar-refractivity contribution in [1.82, 2.24) is 29.4 Å². The maximum absolute atomic E-state index is 15.5. The number of rotatable bonds is 4. The molecule has 5 heterocycles. The lowest BCUT2D eigenvalue weighted by Crippen LogP contribution is -2.45. The number of hydrogen-bond donors (Lipinski definition) is 1. The zero-order chi connectivity index (χ0) is 29.1. The Balaban J connectivity index is 1.43. The van der Waals surface area contributed by atoms with Crippen LogP contribution in [-0.2, 0) is 4.74 Å². The van der Waals surface area contributed by atoms with Crippen LogP contribution in [0.1, 0.15) is 57.0 Å². The molecule has 4 aromatic rings. The van der Waals surface area contributed by atoms with Crippen LogP contribution in [0, 0.1) is 19.7 Å². The van der Waals surface area contributed by atoms with Crippen molar-refractivity contribution in [2.24, 2.45) is 0 Å². The summed E-state index contributed by atoms with van der Waals surface area (Å²) < 4.78 is 28.7. The highest BCUT2D eigenvalue weighted by Crippen LogP contribution is 2.43. The highest BCUT2D eigenvalue weighted by molar-refractivity contribution is 5.95. The van der Waals surface area contributed by atoms with Gasteiger partial charge in [-0.15, -0.1) is 0 Å². The largest absolute Gasteiger partial charge is 0.444 e. The van der Waals surface area contributed by atoms with E-state index in [-0.39, 0.29) is 35.8 Å². The van der Waals surface area contributed by atoms with Gasteiger partial charge in [-0.2, -0.15) is 0 Å². The topological polar surface area (TPSA) is 121 Å². The summed E-state index contributed by atoms with van der Waals surface area (Å²) >= 11 is 0. The molecule has 2 atom stereocenters. The standard InChI is InChI=1S/C30H32FN7O3/c1-16-10-11-33-28(36-16)40-23-9-8-21(14-22(23)31)38-25(17(2)24-26(38)27(32)35-15-34-24)18-12-19-6-7-20(13-18)37(19)29(39)41-30(3,4)5/h8-12,14-15,19-20H,6-7,13H2,1-5H3,(H2,32,34,35). The van der Waals surface area contributed by atoms with Gasteiger partial charge in [0.2, 0.25) is 0 Å². The molecule has 2 aliphatic heterocycles. The van der Waals surface area contributed by atoms with E-state index in [4.69, 9.17) is 15.2 Å². The van der Waals surface area contributed by atoms with Crippen LogP contribution in [0.3, 0.4) is 0 Å². The smallest absolute Gasteiger partial charge is 0.411 e. The van der Waals surface area contributed by atoms with Gasteiger partial charge in [-0.1, -0.05) is 6.08 Å². The quantitative estimate of drug-likeness (QED) is 0.329. The lowest BCUT2D eigenvalue weighted by molar-refractivity contribution is 0.0175. The number of nitrogen functional groups attached to an aromatic ring is 1. The summed E-state index contributed by atoms with van der Waals surface area (Å²) in [5.74, 6) is -0.295. The fourth-order valence-electron chi connectivity index (χ4n) is 5.81. The van der Waals surface area contributed by atoms with Gasteiger partial charge in [0.15, 0.2) is 17.4 Å². The Hall–Kier alpha value is -4.54. The molecule has 0 saturated carbocycles. The molecule has 212 valence electrons. The van der Waals surface area contributed by atoms with E-state index in [2.05, 4.69) is 26.0 Å². The number of ether oxygens (including phenoxy) is 2. The predicted octanol–water partition coefficient (Wildman–Crippen LogP) is 5.90. The fourth-order valence-corrected chi connectivity index (χ4v) is 5.81. The van der Waals surface area contributed by atoms with Crippen LogP contribution in [-0.4, -0.2) is 53.2 Å². The number of nitrogens with two attached hydrogens (primary N) is 1. The third kappa shape index (κ3) is 4.85. The van der Waals surface area contributed by atoms with E-state index in [1.165, 1.54) is 12.4 Å². The summed E-state index contributed by atoms with van der Waals surface area (Å²) in [4.78, 5) is 31.9. The molecular weight excluding hydrogens is 525 g/mol. The molecule has 2 bridgehead atoms. The van der Waals surface area contributed by atoms with Gasteiger partial charge in [0.25, 0.3) is 0 Å². The van der Waals surface area contributed by atoms with Crippen molar-refractivity contribution in [1.29, 1.82) is 0 Å². The Labute approximate surface area is 237 Å². The monoisotopic (exact) mass is 557 g/mol. The molecule has 1 fully saturated rings. The first-order valence-corrected chi connectivity index (χ1v) is 13.6. The normalized spacial score (nSPS) is 18.5.